The van der Waals surface area contributed by atoms with E-state index in [2.05, 4.69) is 0 Å². The van der Waals surface area contributed by atoms with Gasteiger partial charge in [0.05, 0.1) is 17.6 Å². The Hall–Kier alpha value is -3.65. The largest absolute Gasteiger partial charge is 0.454 e. The lowest BCUT2D eigenvalue weighted by Crippen LogP contribution is -2.39. The number of rotatable bonds is 4. The highest BCUT2D eigenvalue weighted by atomic mass is 32.1. The molecule has 5 rings (SSSR count). The molecule has 1 aliphatic heterocycles. The van der Waals surface area contributed by atoms with Crippen molar-refractivity contribution < 1.29 is 14.3 Å². The van der Waals surface area contributed by atoms with Gasteiger partial charge in [-0.1, -0.05) is 18.2 Å². The number of ketones is 1. The van der Waals surface area contributed by atoms with Gasteiger partial charge in [-0.25, -0.2) is 9.36 Å². The molecule has 0 spiro atoms. The molecule has 30 heavy (non-hydrogen) atoms. The maximum Gasteiger partial charge on any atom is 0.337 e. The first kappa shape index (κ1) is 18.4. The SMILES string of the molecule is Cc1cc2c(=O)n(-c3ccccc3)c(=O)n(CC(=O)c3ccc4c(c3)OCO4)c2s1. The Labute approximate surface area is 174 Å². The number of para-hydroxylation sites is 1. The van der Waals surface area contributed by atoms with Gasteiger partial charge in [0.1, 0.15) is 4.83 Å². The fraction of sp³-hybridized carbons (Fsp3) is 0.136. The number of fused-ring (bicyclic) bond motifs is 2. The van der Waals surface area contributed by atoms with Gasteiger partial charge in [-0.3, -0.25) is 14.2 Å². The van der Waals surface area contributed by atoms with E-state index in [0.29, 0.717) is 33.0 Å². The van der Waals surface area contributed by atoms with E-state index in [1.165, 1.54) is 15.9 Å². The van der Waals surface area contributed by atoms with Gasteiger partial charge < -0.3 is 9.47 Å². The summed E-state index contributed by atoms with van der Waals surface area (Å²) in [6, 6.07) is 15.4. The molecule has 2 aromatic heterocycles. The molecule has 8 heteroatoms. The van der Waals surface area contributed by atoms with Gasteiger partial charge in [0.25, 0.3) is 5.56 Å². The van der Waals surface area contributed by atoms with E-state index >= 15 is 0 Å². The Morgan fingerprint density at radius 3 is 2.60 bits per heavy atom. The van der Waals surface area contributed by atoms with Gasteiger partial charge in [-0.2, -0.15) is 0 Å². The van der Waals surface area contributed by atoms with Gasteiger partial charge in [0.2, 0.25) is 6.79 Å². The fourth-order valence-corrected chi connectivity index (χ4v) is 4.51. The van der Waals surface area contributed by atoms with Crippen LogP contribution < -0.4 is 20.7 Å². The molecule has 0 unspecified atom stereocenters. The summed E-state index contributed by atoms with van der Waals surface area (Å²) >= 11 is 1.32. The van der Waals surface area contributed by atoms with Gasteiger partial charge in [-0.05, 0) is 43.3 Å². The molecule has 4 aromatic rings. The van der Waals surface area contributed by atoms with Crippen LogP contribution in [0.15, 0.2) is 64.2 Å². The second kappa shape index (κ2) is 7.00. The number of aromatic nitrogens is 2. The van der Waals surface area contributed by atoms with Crippen LogP contribution in [0.5, 0.6) is 11.5 Å². The fourth-order valence-electron chi connectivity index (χ4n) is 3.52. The van der Waals surface area contributed by atoms with Crippen molar-refractivity contribution in [3.63, 3.8) is 0 Å². The highest BCUT2D eigenvalue weighted by Gasteiger charge is 2.21. The van der Waals surface area contributed by atoms with Crippen molar-refractivity contribution in [1.29, 1.82) is 0 Å². The molecule has 0 radical (unpaired) electrons. The number of carbonyl (C=O) groups excluding carboxylic acids is 1. The Kier molecular flexibility index (Phi) is 4.29. The summed E-state index contributed by atoms with van der Waals surface area (Å²) in [6.07, 6.45) is 0. The smallest absolute Gasteiger partial charge is 0.337 e. The van der Waals surface area contributed by atoms with Gasteiger partial charge in [0.15, 0.2) is 17.3 Å². The van der Waals surface area contributed by atoms with E-state index in [0.717, 1.165) is 9.44 Å². The molecule has 0 amide bonds. The van der Waals surface area contributed by atoms with Crippen LogP contribution in [0.2, 0.25) is 0 Å². The summed E-state index contributed by atoms with van der Waals surface area (Å²) in [6.45, 7) is 1.79. The van der Waals surface area contributed by atoms with Crippen LogP contribution in [-0.2, 0) is 6.54 Å². The summed E-state index contributed by atoms with van der Waals surface area (Å²) < 4.78 is 13.1. The molecule has 3 heterocycles. The molecule has 0 saturated heterocycles. The maximum absolute atomic E-state index is 13.3. The monoisotopic (exact) mass is 420 g/mol. The summed E-state index contributed by atoms with van der Waals surface area (Å²) in [5.74, 6) is 0.818. The minimum absolute atomic E-state index is 0.115. The second-order valence-electron chi connectivity index (χ2n) is 6.91. The molecule has 0 N–H and O–H groups in total. The standard InChI is InChI=1S/C22H16N2O5S/c1-13-9-16-20(26)24(15-5-3-2-4-6-15)22(27)23(21(16)30-13)11-17(25)14-7-8-18-19(10-14)29-12-28-18/h2-10H,11-12H2,1H3. The average molecular weight is 420 g/mol. The molecule has 1 aliphatic rings. The predicted octanol–water partition coefficient (Wildman–Crippen LogP) is 3.13. The van der Waals surface area contributed by atoms with Crippen LogP contribution in [0.25, 0.3) is 15.9 Å². The molecular weight excluding hydrogens is 404 g/mol. The summed E-state index contributed by atoms with van der Waals surface area (Å²) in [7, 11) is 0. The molecule has 150 valence electrons. The number of ether oxygens (including phenoxy) is 2. The number of carbonyl (C=O) groups is 1. The zero-order valence-electron chi connectivity index (χ0n) is 16.0. The van der Waals surface area contributed by atoms with Crippen LogP contribution in [0.3, 0.4) is 0 Å². The van der Waals surface area contributed by atoms with Crippen LogP contribution in [0, 0.1) is 6.92 Å². The normalized spacial score (nSPS) is 12.4. The molecule has 0 saturated carbocycles. The van der Waals surface area contributed by atoms with Crippen LogP contribution in [-0.4, -0.2) is 21.7 Å². The second-order valence-corrected chi connectivity index (χ2v) is 8.15. The van der Waals surface area contributed by atoms with Crippen molar-refractivity contribution in [2.45, 2.75) is 13.5 Å². The quantitative estimate of drug-likeness (QED) is 0.474. The van der Waals surface area contributed by atoms with E-state index in [1.54, 1.807) is 48.5 Å². The zero-order chi connectivity index (χ0) is 20.8. The highest BCUT2D eigenvalue weighted by Crippen LogP contribution is 2.32. The Morgan fingerprint density at radius 2 is 1.80 bits per heavy atom. The van der Waals surface area contributed by atoms with Crippen molar-refractivity contribution in [3.05, 3.63) is 85.9 Å². The van der Waals surface area contributed by atoms with Crippen LogP contribution in [0.4, 0.5) is 0 Å². The van der Waals surface area contributed by atoms with E-state index in [1.807, 2.05) is 13.0 Å². The van der Waals surface area contributed by atoms with Crippen LogP contribution in [0.1, 0.15) is 15.2 Å². The number of aryl methyl sites for hydroxylation is 1. The molecule has 0 atom stereocenters. The van der Waals surface area contributed by atoms with Gasteiger partial charge in [-0.15, -0.1) is 11.3 Å². The Morgan fingerprint density at radius 1 is 1.03 bits per heavy atom. The zero-order valence-corrected chi connectivity index (χ0v) is 16.8. The van der Waals surface area contributed by atoms with Crippen molar-refractivity contribution in [2.24, 2.45) is 0 Å². The van der Waals surface area contributed by atoms with E-state index in [-0.39, 0.29) is 19.1 Å². The number of benzene rings is 2. The lowest BCUT2D eigenvalue weighted by molar-refractivity contribution is 0.0971. The van der Waals surface area contributed by atoms with Crippen molar-refractivity contribution in [2.75, 3.05) is 6.79 Å². The molecule has 0 aliphatic carbocycles. The molecule has 0 bridgehead atoms. The Bertz CT molecular complexity index is 1420. The lowest BCUT2D eigenvalue weighted by atomic mass is 10.1. The number of hydrogen-bond donors (Lipinski definition) is 0. The molecule has 0 fully saturated rings. The maximum atomic E-state index is 13.3. The first-order valence-electron chi connectivity index (χ1n) is 9.27. The number of Topliss-reactive ketones (excluding diaryl/α,β-unsaturated/α-hetero) is 1. The first-order chi connectivity index (χ1) is 14.5. The third-order valence-corrected chi connectivity index (χ3v) is 6.02. The van der Waals surface area contributed by atoms with Crippen molar-refractivity contribution in [3.8, 4) is 17.2 Å². The third-order valence-electron chi connectivity index (χ3n) is 4.95. The van der Waals surface area contributed by atoms with Gasteiger partial charge >= 0.3 is 5.69 Å². The third kappa shape index (κ3) is 2.93. The molecular formula is C22H16N2O5S. The highest BCUT2D eigenvalue weighted by molar-refractivity contribution is 7.18. The molecule has 7 nitrogen and oxygen atoms in total. The lowest BCUT2D eigenvalue weighted by Gasteiger charge is -2.12. The minimum Gasteiger partial charge on any atom is -0.454 e. The number of nitrogens with zero attached hydrogens (tertiary/aromatic N) is 2. The van der Waals surface area contributed by atoms with Crippen molar-refractivity contribution in [1.82, 2.24) is 9.13 Å². The predicted molar refractivity (Wildman–Crippen MR) is 113 cm³/mol. The number of thiophene rings is 1. The summed E-state index contributed by atoms with van der Waals surface area (Å²) in [5.41, 5.74) is -0.0699. The van der Waals surface area contributed by atoms with E-state index < -0.39 is 11.2 Å². The average Bonchev–Trinajstić information content (AvgIpc) is 3.37. The van der Waals surface area contributed by atoms with E-state index in [4.69, 9.17) is 9.47 Å². The molecule has 2 aromatic carbocycles. The van der Waals surface area contributed by atoms with E-state index in [9.17, 15) is 14.4 Å². The topological polar surface area (TPSA) is 79.5 Å². The summed E-state index contributed by atoms with van der Waals surface area (Å²) in [4.78, 5) is 40.7. The van der Waals surface area contributed by atoms with Crippen LogP contribution >= 0.6 is 11.3 Å². The summed E-state index contributed by atoms with van der Waals surface area (Å²) in [5, 5.41) is 0.416. The first-order valence-corrected chi connectivity index (χ1v) is 10.1. The minimum atomic E-state index is -0.547. The van der Waals surface area contributed by atoms with Gasteiger partial charge in [0, 0.05) is 10.4 Å². The number of hydrogen-bond acceptors (Lipinski definition) is 6. The van der Waals surface area contributed by atoms with Crippen molar-refractivity contribution >= 4 is 27.3 Å². The Balaban J connectivity index is 1.66.